The van der Waals surface area contributed by atoms with Crippen LogP contribution in [0, 0.1) is 0 Å². The van der Waals surface area contributed by atoms with E-state index in [4.69, 9.17) is 4.74 Å². The maximum Gasteiger partial charge on any atom is 0.333 e. The van der Waals surface area contributed by atoms with Crippen molar-refractivity contribution in [3.63, 3.8) is 0 Å². The molecular weight excluding hydrogens is 284 g/mol. The predicted octanol–water partition coefficient (Wildman–Crippen LogP) is 6.73. The SMILES string of the molecule is CCCC/C1=C\CCCCCCCCCCCCCCOC1=O. The van der Waals surface area contributed by atoms with E-state index in [2.05, 4.69) is 13.0 Å². The van der Waals surface area contributed by atoms with Gasteiger partial charge in [0.25, 0.3) is 0 Å². The molecule has 1 heterocycles. The molecule has 0 N–H and O–H groups in total. The summed E-state index contributed by atoms with van der Waals surface area (Å²) in [4.78, 5) is 12.2. The van der Waals surface area contributed by atoms with Crippen molar-refractivity contribution in [2.45, 2.75) is 110 Å². The van der Waals surface area contributed by atoms with Gasteiger partial charge < -0.3 is 4.74 Å². The third-order valence-corrected chi connectivity index (χ3v) is 4.78. The molecule has 2 nitrogen and oxygen atoms in total. The molecule has 0 bridgehead atoms. The fourth-order valence-corrected chi connectivity index (χ4v) is 3.20. The van der Waals surface area contributed by atoms with E-state index in [0.29, 0.717) is 6.61 Å². The second kappa shape index (κ2) is 14.8. The number of hydrogen-bond donors (Lipinski definition) is 0. The Hall–Kier alpha value is -0.790. The summed E-state index contributed by atoms with van der Waals surface area (Å²) < 4.78 is 5.49. The smallest absolute Gasteiger partial charge is 0.333 e. The molecule has 0 spiro atoms. The first-order chi connectivity index (χ1) is 11.3. The molecule has 0 aromatic rings. The Bertz CT molecular complexity index is 320. The first-order valence-electron chi connectivity index (χ1n) is 10.2. The first-order valence-corrected chi connectivity index (χ1v) is 10.2. The number of unbranched alkanes of at least 4 members (excludes halogenated alkanes) is 1. The van der Waals surface area contributed by atoms with Crippen LogP contribution in [0.5, 0.6) is 0 Å². The Morgan fingerprint density at radius 2 is 1.35 bits per heavy atom. The molecular formula is C21H38O2. The molecule has 0 aromatic carbocycles. The van der Waals surface area contributed by atoms with E-state index < -0.39 is 0 Å². The Kier molecular flexibility index (Phi) is 13.0. The van der Waals surface area contributed by atoms with Gasteiger partial charge in [-0.15, -0.1) is 0 Å². The van der Waals surface area contributed by atoms with Crippen LogP contribution < -0.4 is 0 Å². The van der Waals surface area contributed by atoms with E-state index in [1.165, 1.54) is 70.6 Å². The average Bonchev–Trinajstić information content (AvgIpc) is 2.56. The first kappa shape index (κ1) is 20.3. The number of cyclic esters (lactones) is 1. The molecule has 1 rings (SSSR count). The van der Waals surface area contributed by atoms with Crippen LogP contribution in [0.3, 0.4) is 0 Å². The summed E-state index contributed by atoms with van der Waals surface area (Å²) in [5, 5.41) is 0. The number of ether oxygens (including phenoxy) is 1. The molecule has 0 saturated heterocycles. The van der Waals surface area contributed by atoms with Gasteiger partial charge in [-0.25, -0.2) is 4.79 Å². The summed E-state index contributed by atoms with van der Waals surface area (Å²) in [7, 11) is 0. The van der Waals surface area contributed by atoms with Crippen LogP contribution in [0.1, 0.15) is 110 Å². The maximum atomic E-state index is 12.2. The highest BCUT2D eigenvalue weighted by Crippen LogP contribution is 2.16. The number of allylic oxidation sites excluding steroid dienone is 1. The topological polar surface area (TPSA) is 26.3 Å². The monoisotopic (exact) mass is 322 g/mol. The van der Waals surface area contributed by atoms with Gasteiger partial charge in [-0.1, -0.05) is 83.6 Å². The van der Waals surface area contributed by atoms with Crippen molar-refractivity contribution < 1.29 is 9.53 Å². The fraction of sp³-hybridized carbons (Fsp3) is 0.857. The van der Waals surface area contributed by atoms with Crippen molar-refractivity contribution in [1.29, 1.82) is 0 Å². The third-order valence-electron chi connectivity index (χ3n) is 4.78. The summed E-state index contributed by atoms with van der Waals surface area (Å²) in [6, 6.07) is 0. The lowest BCUT2D eigenvalue weighted by Crippen LogP contribution is -2.09. The van der Waals surface area contributed by atoms with Crippen molar-refractivity contribution in [3.8, 4) is 0 Å². The van der Waals surface area contributed by atoms with Crippen LogP contribution in [0.2, 0.25) is 0 Å². The molecule has 134 valence electrons. The zero-order valence-electron chi connectivity index (χ0n) is 15.4. The highest BCUT2D eigenvalue weighted by atomic mass is 16.5. The van der Waals surface area contributed by atoms with Gasteiger partial charge in [0.1, 0.15) is 0 Å². The van der Waals surface area contributed by atoms with Gasteiger partial charge in [0.05, 0.1) is 6.61 Å². The van der Waals surface area contributed by atoms with Crippen molar-refractivity contribution in [2.24, 2.45) is 0 Å². The van der Waals surface area contributed by atoms with Crippen molar-refractivity contribution in [1.82, 2.24) is 0 Å². The highest BCUT2D eigenvalue weighted by molar-refractivity contribution is 5.88. The Morgan fingerprint density at radius 3 is 1.91 bits per heavy atom. The highest BCUT2D eigenvalue weighted by Gasteiger charge is 2.10. The van der Waals surface area contributed by atoms with Gasteiger partial charge in [-0.3, -0.25) is 0 Å². The molecule has 2 heteroatoms. The summed E-state index contributed by atoms with van der Waals surface area (Å²) in [5.41, 5.74) is 0.924. The molecule has 1 aliphatic rings. The van der Waals surface area contributed by atoms with Crippen molar-refractivity contribution in [2.75, 3.05) is 6.61 Å². The summed E-state index contributed by atoms with van der Waals surface area (Å²) >= 11 is 0. The molecule has 0 amide bonds. The minimum Gasteiger partial charge on any atom is -0.462 e. The van der Waals surface area contributed by atoms with E-state index >= 15 is 0 Å². The number of rotatable bonds is 3. The van der Waals surface area contributed by atoms with Crippen molar-refractivity contribution in [3.05, 3.63) is 11.6 Å². The molecule has 0 unspecified atom stereocenters. The molecule has 0 atom stereocenters. The van der Waals surface area contributed by atoms with Gasteiger partial charge in [-0.05, 0) is 32.1 Å². The van der Waals surface area contributed by atoms with Crippen LogP contribution >= 0.6 is 0 Å². The van der Waals surface area contributed by atoms with Crippen LogP contribution in [-0.4, -0.2) is 12.6 Å². The second-order valence-corrected chi connectivity index (χ2v) is 7.00. The lowest BCUT2D eigenvalue weighted by atomic mass is 10.0. The van der Waals surface area contributed by atoms with Gasteiger partial charge in [0, 0.05) is 5.57 Å². The molecule has 1 aliphatic heterocycles. The fourth-order valence-electron chi connectivity index (χ4n) is 3.20. The zero-order chi connectivity index (χ0) is 16.6. The maximum absolute atomic E-state index is 12.2. The second-order valence-electron chi connectivity index (χ2n) is 7.00. The molecule has 0 radical (unpaired) electrons. The predicted molar refractivity (Wildman–Crippen MR) is 98.6 cm³/mol. The lowest BCUT2D eigenvalue weighted by Gasteiger charge is -2.09. The van der Waals surface area contributed by atoms with Gasteiger partial charge in [0.15, 0.2) is 0 Å². The van der Waals surface area contributed by atoms with Crippen LogP contribution in [-0.2, 0) is 9.53 Å². The third kappa shape index (κ3) is 11.4. The zero-order valence-corrected chi connectivity index (χ0v) is 15.4. The van der Waals surface area contributed by atoms with E-state index in [0.717, 1.165) is 37.7 Å². The van der Waals surface area contributed by atoms with E-state index in [1.54, 1.807) is 0 Å². The minimum absolute atomic E-state index is 0.0560. The Labute approximate surface area is 144 Å². The van der Waals surface area contributed by atoms with Crippen LogP contribution in [0.4, 0.5) is 0 Å². The number of carbonyl (C=O) groups excluding carboxylic acids is 1. The van der Waals surface area contributed by atoms with Gasteiger partial charge in [-0.2, -0.15) is 0 Å². The molecule has 23 heavy (non-hydrogen) atoms. The van der Waals surface area contributed by atoms with Crippen molar-refractivity contribution >= 4 is 5.97 Å². The van der Waals surface area contributed by atoms with E-state index in [9.17, 15) is 4.79 Å². The molecule has 0 aromatic heterocycles. The summed E-state index contributed by atoms with van der Waals surface area (Å²) in [6.45, 7) is 2.77. The standard InChI is InChI=1S/C21H38O2/c1-2-3-17-20-18-15-13-11-9-7-5-4-6-8-10-12-14-16-19-23-21(20)22/h18H,2-17,19H2,1H3/b20-18+. The normalized spacial score (nSPS) is 23.2. The molecule has 0 fully saturated rings. The number of hydrogen-bond acceptors (Lipinski definition) is 2. The average molecular weight is 323 g/mol. The quantitative estimate of drug-likeness (QED) is 0.538. The Balaban J connectivity index is 2.42. The lowest BCUT2D eigenvalue weighted by molar-refractivity contribution is -0.139. The summed E-state index contributed by atoms with van der Waals surface area (Å²) in [5.74, 6) is -0.0560. The molecule has 0 saturated carbocycles. The number of esters is 1. The number of carbonyl (C=O) groups is 1. The van der Waals surface area contributed by atoms with E-state index in [1.807, 2.05) is 0 Å². The van der Waals surface area contributed by atoms with Crippen LogP contribution in [0.25, 0.3) is 0 Å². The summed E-state index contributed by atoms with van der Waals surface area (Å²) in [6.07, 6.45) is 22.0. The minimum atomic E-state index is -0.0560. The van der Waals surface area contributed by atoms with E-state index in [-0.39, 0.29) is 5.97 Å². The largest absolute Gasteiger partial charge is 0.462 e. The van der Waals surface area contributed by atoms with Gasteiger partial charge in [0.2, 0.25) is 0 Å². The molecule has 0 aliphatic carbocycles. The van der Waals surface area contributed by atoms with Gasteiger partial charge >= 0.3 is 5.97 Å². The van der Waals surface area contributed by atoms with Crippen LogP contribution in [0.15, 0.2) is 11.6 Å². The Morgan fingerprint density at radius 1 is 0.826 bits per heavy atom.